The Morgan fingerprint density at radius 1 is 0.763 bits per heavy atom. The van der Waals surface area contributed by atoms with Crippen molar-refractivity contribution in [3.8, 4) is 33.1 Å². The second-order valence-electron chi connectivity index (χ2n) is 8.39. The van der Waals surface area contributed by atoms with E-state index in [4.69, 9.17) is 5.10 Å². The van der Waals surface area contributed by atoms with E-state index < -0.39 is 0 Å². The summed E-state index contributed by atoms with van der Waals surface area (Å²) in [5.41, 5.74) is 6.12. The quantitative estimate of drug-likeness (QED) is 0.249. The molecule has 0 N–H and O–H groups in total. The number of fused-ring (bicyclic) bond motifs is 3. The lowest BCUT2D eigenvalue weighted by Crippen LogP contribution is -2.02. The molecule has 0 saturated heterocycles. The summed E-state index contributed by atoms with van der Waals surface area (Å²) < 4.78 is 1.76. The zero-order valence-corrected chi connectivity index (χ0v) is 21.6. The van der Waals surface area contributed by atoms with E-state index in [1.54, 1.807) is 22.1 Å². The molecule has 7 rings (SSSR count). The molecule has 0 spiro atoms. The third-order valence-electron chi connectivity index (χ3n) is 6.05. The minimum absolute atomic E-state index is 0.497. The Kier molecular flexibility index (Phi) is 5.49. The minimum Gasteiger partial charge on any atom is -0.225 e. The van der Waals surface area contributed by atoms with Crippen LogP contribution in [0.4, 0.5) is 5.13 Å². The van der Waals surface area contributed by atoms with Crippen LogP contribution in [0, 0.1) is 6.92 Å². The predicted molar refractivity (Wildman–Crippen MR) is 150 cm³/mol. The van der Waals surface area contributed by atoms with Gasteiger partial charge in [0.1, 0.15) is 11.4 Å². The lowest BCUT2D eigenvalue weighted by molar-refractivity contribution is 0.855. The van der Waals surface area contributed by atoms with Crippen molar-refractivity contribution < 1.29 is 0 Å². The van der Waals surface area contributed by atoms with E-state index in [1.807, 2.05) is 73.0 Å². The van der Waals surface area contributed by atoms with Gasteiger partial charge in [0.2, 0.25) is 10.8 Å². The molecule has 0 aliphatic rings. The molecule has 0 atom stereocenters. The lowest BCUT2D eigenvalue weighted by atomic mass is 9.97. The van der Waals surface area contributed by atoms with E-state index >= 15 is 0 Å². The average molecular weight is 532 g/mol. The molecule has 0 aliphatic heterocycles. The van der Waals surface area contributed by atoms with Gasteiger partial charge >= 0.3 is 0 Å². The van der Waals surface area contributed by atoms with Gasteiger partial charge in [0, 0.05) is 22.2 Å². The molecule has 5 heterocycles. The van der Waals surface area contributed by atoms with Crippen LogP contribution in [0.2, 0.25) is 0 Å². The van der Waals surface area contributed by atoms with Crippen LogP contribution in [0.1, 0.15) is 10.6 Å². The van der Waals surface area contributed by atoms with Crippen LogP contribution in [0.5, 0.6) is 0 Å². The van der Waals surface area contributed by atoms with Crippen molar-refractivity contribution in [2.24, 2.45) is 4.99 Å². The van der Waals surface area contributed by atoms with Crippen LogP contribution in [-0.2, 0) is 0 Å². The normalized spacial score (nSPS) is 11.7. The smallest absolute Gasteiger partial charge is 0.225 e. The van der Waals surface area contributed by atoms with Gasteiger partial charge in [-0.05, 0) is 23.9 Å². The Balaban J connectivity index is 1.40. The number of aromatic nitrogens is 8. The first kappa shape index (κ1) is 22.5. The summed E-state index contributed by atoms with van der Waals surface area (Å²) in [5.74, 6) is 0. The number of rotatable bonds is 5. The Morgan fingerprint density at radius 2 is 1.53 bits per heavy atom. The van der Waals surface area contributed by atoms with Gasteiger partial charge < -0.3 is 0 Å². The third-order valence-corrected chi connectivity index (χ3v) is 7.70. The molecular formula is C27H17N9S2. The molecule has 11 heteroatoms. The van der Waals surface area contributed by atoms with Gasteiger partial charge in [-0.25, -0.2) is 9.51 Å². The third kappa shape index (κ3) is 3.85. The molecule has 7 aromatic rings. The van der Waals surface area contributed by atoms with Gasteiger partial charge in [-0.15, -0.1) is 47.0 Å². The Bertz CT molecular complexity index is 1930. The fourth-order valence-electron chi connectivity index (χ4n) is 4.28. The SMILES string of the molecule is Cc1c(-c2nnc(/N=C/c3cccs3)s2)nnc2c3c(-c4ccccc4)c(-c4ccccc4)nnc3nn12. The zero-order chi connectivity index (χ0) is 25.5. The topological polar surface area (TPSA) is 107 Å². The maximum absolute atomic E-state index is 4.77. The molecule has 0 unspecified atom stereocenters. The molecule has 0 saturated carbocycles. The van der Waals surface area contributed by atoms with Crippen LogP contribution in [0.15, 0.2) is 83.2 Å². The van der Waals surface area contributed by atoms with E-state index in [0.29, 0.717) is 27.1 Å². The molecule has 9 nitrogen and oxygen atoms in total. The zero-order valence-electron chi connectivity index (χ0n) is 19.9. The summed E-state index contributed by atoms with van der Waals surface area (Å²) in [7, 11) is 0. The number of aryl methyl sites for hydroxylation is 1. The standard InChI is InChI=1S/C27H17N9S2/c1-16-22(26-33-34-27(38-26)28-15-19-13-8-14-37-19)29-32-25-21-20(17-9-4-2-5-10-17)23(18-11-6-3-7-12-18)30-31-24(21)35-36(16)25/h2-15H,1H3/b28-15+. The van der Waals surface area contributed by atoms with Gasteiger partial charge in [0.15, 0.2) is 10.7 Å². The van der Waals surface area contributed by atoms with Crippen LogP contribution < -0.4 is 0 Å². The number of aliphatic imine (C=N–C) groups is 1. The van der Waals surface area contributed by atoms with Crippen molar-refractivity contribution >= 4 is 50.7 Å². The Hall–Kier alpha value is -4.74. The first-order valence-corrected chi connectivity index (χ1v) is 13.4. The van der Waals surface area contributed by atoms with Crippen LogP contribution >= 0.6 is 22.7 Å². The van der Waals surface area contributed by atoms with Gasteiger partial charge in [0.05, 0.1) is 11.1 Å². The number of nitrogens with zero attached hydrogens (tertiary/aromatic N) is 9. The highest BCUT2D eigenvalue weighted by Crippen LogP contribution is 2.38. The van der Waals surface area contributed by atoms with Gasteiger partial charge in [-0.3, -0.25) is 0 Å². The monoisotopic (exact) mass is 531 g/mol. The molecular weight excluding hydrogens is 514 g/mol. The van der Waals surface area contributed by atoms with Crippen molar-refractivity contribution in [1.82, 2.24) is 40.2 Å². The first-order valence-electron chi connectivity index (χ1n) is 11.7. The van der Waals surface area contributed by atoms with E-state index in [-0.39, 0.29) is 0 Å². The lowest BCUT2D eigenvalue weighted by Gasteiger charge is -2.09. The second-order valence-corrected chi connectivity index (χ2v) is 10.3. The number of benzene rings is 2. The first-order chi connectivity index (χ1) is 18.8. The summed E-state index contributed by atoms with van der Waals surface area (Å²) in [6, 6.07) is 24.1. The molecule has 0 bridgehead atoms. The van der Waals surface area contributed by atoms with Crippen molar-refractivity contribution in [1.29, 1.82) is 0 Å². The Morgan fingerprint density at radius 3 is 2.29 bits per heavy atom. The molecule has 2 aromatic carbocycles. The summed E-state index contributed by atoms with van der Waals surface area (Å²) in [6.45, 7) is 1.94. The molecule has 182 valence electrons. The maximum Gasteiger partial charge on any atom is 0.232 e. The summed E-state index contributed by atoms with van der Waals surface area (Å²) in [6.07, 6.45) is 1.78. The summed E-state index contributed by atoms with van der Waals surface area (Å²) in [5, 5.41) is 35.5. The predicted octanol–water partition coefficient (Wildman–Crippen LogP) is 6.04. The van der Waals surface area contributed by atoms with Gasteiger partial charge in [0.25, 0.3) is 0 Å². The number of hydrogen-bond acceptors (Lipinski definition) is 10. The van der Waals surface area contributed by atoms with E-state index in [9.17, 15) is 0 Å². The largest absolute Gasteiger partial charge is 0.232 e. The van der Waals surface area contributed by atoms with Crippen LogP contribution in [0.3, 0.4) is 0 Å². The minimum atomic E-state index is 0.497. The second kappa shape index (κ2) is 9.29. The summed E-state index contributed by atoms with van der Waals surface area (Å²) >= 11 is 2.96. The highest BCUT2D eigenvalue weighted by molar-refractivity contribution is 7.18. The van der Waals surface area contributed by atoms with E-state index in [0.717, 1.165) is 38.3 Å². The van der Waals surface area contributed by atoms with Gasteiger partial charge in [-0.1, -0.05) is 78.1 Å². The van der Waals surface area contributed by atoms with Crippen molar-refractivity contribution in [3.05, 3.63) is 88.7 Å². The van der Waals surface area contributed by atoms with Crippen LogP contribution in [0.25, 0.3) is 49.8 Å². The Labute approximate surface area is 224 Å². The molecule has 0 fully saturated rings. The van der Waals surface area contributed by atoms with E-state index in [1.165, 1.54) is 11.3 Å². The van der Waals surface area contributed by atoms with Crippen molar-refractivity contribution in [3.63, 3.8) is 0 Å². The maximum atomic E-state index is 4.77. The number of hydrogen-bond donors (Lipinski definition) is 0. The molecule has 5 aromatic heterocycles. The van der Waals surface area contributed by atoms with E-state index in [2.05, 4.69) is 47.7 Å². The number of thiophene rings is 1. The molecule has 0 amide bonds. The van der Waals surface area contributed by atoms with Gasteiger partial charge in [-0.2, -0.15) is 0 Å². The highest BCUT2D eigenvalue weighted by Gasteiger charge is 2.23. The highest BCUT2D eigenvalue weighted by atomic mass is 32.1. The molecule has 38 heavy (non-hydrogen) atoms. The molecule has 0 radical (unpaired) electrons. The van der Waals surface area contributed by atoms with Crippen molar-refractivity contribution in [2.45, 2.75) is 6.92 Å². The van der Waals surface area contributed by atoms with Crippen molar-refractivity contribution in [2.75, 3.05) is 0 Å². The average Bonchev–Trinajstić information content (AvgIpc) is 3.73. The van der Waals surface area contributed by atoms with Crippen LogP contribution in [-0.4, -0.2) is 46.4 Å². The molecule has 0 aliphatic carbocycles. The summed E-state index contributed by atoms with van der Waals surface area (Å²) in [4.78, 5) is 5.50. The fourth-order valence-corrected chi connectivity index (χ4v) is 5.59. The fraction of sp³-hybridized carbons (Fsp3) is 0.0370.